The number of aromatic nitrogens is 2. The number of hydrogen-bond acceptors (Lipinski definition) is 3. The Labute approximate surface area is 121 Å². The van der Waals surface area contributed by atoms with E-state index in [0.29, 0.717) is 11.6 Å². The summed E-state index contributed by atoms with van der Waals surface area (Å²) in [5, 5.41) is 0. The quantitative estimate of drug-likeness (QED) is 0.875. The van der Waals surface area contributed by atoms with Gasteiger partial charge in [0.1, 0.15) is 11.6 Å². The minimum atomic E-state index is -0.261. The highest BCUT2D eigenvalue weighted by molar-refractivity contribution is 7.98. The molecule has 0 radical (unpaired) electrons. The summed E-state index contributed by atoms with van der Waals surface area (Å²) in [6.45, 7) is 5.79. The Balaban J connectivity index is 2.17. The second kappa shape index (κ2) is 6.22. The summed E-state index contributed by atoms with van der Waals surface area (Å²) >= 11 is 1.45. The molecule has 0 bridgehead atoms. The number of rotatable bonds is 4. The van der Waals surface area contributed by atoms with E-state index in [9.17, 15) is 9.18 Å². The van der Waals surface area contributed by atoms with Crippen LogP contribution in [0.4, 0.5) is 4.39 Å². The predicted molar refractivity (Wildman–Crippen MR) is 79.6 cm³/mol. The molecule has 0 fully saturated rings. The van der Waals surface area contributed by atoms with Gasteiger partial charge in [0.05, 0.1) is 5.75 Å². The molecule has 106 valence electrons. The number of H-pyrrole nitrogens is 1. The van der Waals surface area contributed by atoms with E-state index in [4.69, 9.17) is 0 Å². The van der Waals surface area contributed by atoms with Gasteiger partial charge in [-0.2, -0.15) is 0 Å². The second-order valence-electron chi connectivity index (χ2n) is 4.91. The van der Waals surface area contributed by atoms with Crippen LogP contribution in [0.2, 0.25) is 0 Å². The van der Waals surface area contributed by atoms with E-state index in [0.717, 1.165) is 16.2 Å². The van der Waals surface area contributed by atoms with Crippen molar-refractivity contribution in [2.45, 2.75) is 37.3 Å². The molecule has 0 saturated carbocycles. The lowest BCUT2D eigenvalue weighted by molar-refractivity contribution is 0.624. The molecule has 2 aromatic rings. The Kier molecular flexibility index (Phi) is 4.60. The van der Waals surface area contributed by atoms with E-state index < -0.39 is 0 Å². The van der Waals surface area contributed by atoms with Crippen LogP contribution in [-0.4, -0.2) is 9.97 Å². The van der Waals surface area contributed by atoms with Gasteiger partial charge < -0.3 is 4.98 Å². The standard InChI is InChI=1S/C15H17FN2OS/c1-9(2)14-10(3)17-13(18-15(14)19)8-20-12-6-4-5-11(16)7-12/h4-7,9H,8H2,1-3H3,(H,17,18,19). The highest BCUT2D eigenvalue weighted by atomic mass is 32.2. The monoisotopic (exact) mass is 292 g/mol. The van der Waals surface area contributed by atoms with Crippen LogP contribution in [-0.2, 0) is 5.75 Å². The Morgan fingerprint density at radius 1 is 1.40 bits per heavy atom. The predicted octanol–water partition coefficient (Wildman–Crippen LogP) is 3.63. The molecule has 0 spiro atoms. The van der Waals surface area contributed by atoms with Crippen LogP contribution >= 0.6 is 11.8 Å². The summed E-state index contributed by atoms with van der Waals surface area (Å²) in [6, 6.07) is 6.38. The van der Waals surface area contributed by atoms with Crippen LogP contribution < -0.4 is 5.56 Å². The maximum absolute atomic E-state index is 13.1. The van der Waals surface area contributed by atoms with Crippen molar-refractivity contribution in [1.82, 2.24) is 9.97 Å². The molecule has 0 aliphatic heterocycles. The summed E-state index contributed by atoms with van der Waals surface area (Å²) in [5.41, 5.74) is 1.41. The Morgan fingerprint density at radius 3 is 2.75 bits per heavy atom. The van der Waals surface area contributed by atoms with Crippen LogP contribution in [0.3, 0.4) is 0 Å². The van der Waals surface area contributed by atoms with Crippen LogP contribution in [0.1, 0.15) is 36.8 Å². The van der Waals surface area contributed by atoms with Crippen molar-refractivity contribution in [3.8, 4) is 0 Å². The molecule has 0 aliphatic rings. The first-order valence-electron chi connectivity index (χ1n) is 6.45. The summed E-state index contributed by atoms with van der Waals surface area (Å²) < 4.78 is 13.1. The highest BCUT2D eigenvalue weighted by Crippen LogP contribution is 2.22. The molecule has 1 aromatic heterocycles. The lowest BCUT2D eigenvalue weighted by atomic mass is 10.0. The molecular formula is C15H17FN2OS. The number of nitrogens with zero attached hydrogens (tertiary/aromatic N) is 1. The average Bonchev–Trinajstić information content (AvgIpc) is 2.35. The first-order chi connectivity index (χ1) is 9.47. The first kappa shape index (κ1) is 14.8. The van der Waals surface area contributed by atoms with Gasteiger partial charge in [-0.3, -0.25) is 4.79 Å². The number of benzene rings is 1. The summed E-state index contributed by atoms with van der Waals surface area (Å²) in [4.78, 5) is 20.0. The van der Waals surface area contributed by atoms with Gasteiger partial charge in [0.2, 0.25) is 0 Å². The van der Waals surface area contributed by atoms with Gasteiger partial charge in [0, 0.05) is 16.2 Å². The molecule has 1 N–H and O–H groups in total. The molecular weight excluding hydrogens is 275 g/mol. The molecule has 0 amide bonds. The van der Waals surface area contributed by atoms with Crippen molar-refractivity contribution < 1.29 is 4.39 Å². The largest absolute Gasteiger partial charge is 0.310 e. The van der Waals surface area contributed by atoms with Crippen molar-refractivity contribution in [1.29, 1.82) is 0 Å². The summed E-state index contributed by atoms with van der Waals surface area (Å²) in [7, 11) is 0. The molecule has 1 heterocycles. The fraction of sp³-hybridized carbons (Fsp3) is 0.333. The Bertz CT molecular complexity index is 667. The van der Waals surface area contributed by atoms with E-state index in [1.165, 1.54) is 23.9 Å². The minimum Gasteiger partial charge on any atom is -0.310 e. The van der Waals surface area contributed by atoms with Gasteiger partial charge in [0.15, 0.2) is 0 Å². The van der Waals surface area contributed by atoms with Crippen molar-refractivity contribution in [2.24, 2.45) is 0 Å². The SMILES string of the molecule is Cc1nc(CSc2cccc(F)c2)[nH]c(=O)c1C(C)C. The topological polar surface area (TPSA) is 45.8 Å². The molecule has 3 nitrogen and oxygen atoms in total. The third kappa shape index (κ3) is 3.48. The van der Waals surface area contributed by atoms with E-state index in [2.05, 4.69) is 9.97 Å². The number of aromatic amines is 1. The van der Waals surface area contributed by atoms with Crippen LogP contribution in [0, 0.1) is 12.7 Å². The van der Waals surface area contributed by atoms with Crippen molar-refractivity contribution in [3.63, 3.8) is 0 Å². The maximum Gasteiger partial charge on any atom is 0.254 e. The summed E-state index contributed by atoms with van der Waals surface area (Å²) in [5.74, 6) is 1.02. The number of aryl methyl sites for hydroxylation is 1. The van der Waals surface area contributed by atoms with Crippen LogP contribution in [0.15, 0.2) is 34.0 Å². The zero-order valence-electron chi connectivity index (χ0n) is 11.7. The van der Waals surface area contributed by atoms with Gasteiger partial charge >= 0.3 is 0 Å². The average molecular weight is 292 g/mol. The molecule has 5 heteroatoms. The third-order valence-corrected chi connectivity index (χ3v) is 3.95. The highest BCUT2D eigenvalue weighted by Gasteiger charge is 2.11. The molecule has 20 heavy (non-hydrogen) atoms. The molecule has 0 unspecified atom stereocenters. The third-order valence-electron chi connectivity index (χ3n) is 2.94. The molecule has 1 aromatic carbocycles. The molecule has 2 rings (SSSR count). The van der Waals surface area contributed by atoms with E-state index >= 15 is 0 Å². The smallest absolute Gasteiger partial charge is 0.254 e. The normalized spacial score (nSPS) is 11.1. The van der Waals surface area contributed by atoms with Crippen molar-refractivity contribution in [2.75, 3.05) is 0 Å². The van der Waals surface area contributed by atoms with Gasteiger partial charge in [-0.05, 0) is 31.0 Å². The van der Waals surface area contributed by atoms with Crippen molar-refractivity contribution >= 4 is 11.8 Å². The van der Waals surface area contributed by atoms with Gasteiger partial charge in [-0.1, -0.05) is 19.9 Å². The van der Waals surface area contributed by atoms with Crippen LogP contribution in [0.5, 0.6) is 0 Å². The molecule has 0 saturated heterocycles. The summed E-state index contributed by atoms with van der Waals surface area (Å²) in [6.07, 6.45) is 0. The lowest BCUT2D eigenvalue weighted by Crippen LogP contribution is -2.19. The lowest BCUT2D eigenvalue weighted by Gasteiger charge is -2.09. The molecule has 0 aliphatic carbocycles. The Morgan fingerprint density at radius 2 is 2.15 bits per heavy atom. The number of halogens is 1. The van der Waals surface area contributed by atoms with Crippen molar-refractivity contribution in [3.05, 3.63) is 57.5 Å². The zero-order chi connectivity index (χ0) is 14.7. The van der Waals surface area contributed by atoms with Crippen LogP contribution in [0.25, 0.3) is 0 Å². The van der Waals surface area contributed by atoms with Gasteiger partial charge in [-0.15, -0.1) is 11.8 Å². The minimum absolute atomic E-state index is 0.0812. The fourth-order valence-electron chi connectivity index (χ4n) is 2.11. The fourth-order valence-corrected chi connectivity index (χ4v) is 2.92. The second-order valence-corrected chi connectivity index (χ2v) is 5.96. The van der Waals surface area contributed by atoms with Gasteiger partial charge in [-0.25, -0.2) is 9.37 Å². The number of hydrogen-bond donors (Lipinski definition) is 1. The Hall–Kier alpha value is -1.62. The van der Waals surface area contributed by atoms with E-state index in [1.807, 2.05) is 26.8 Å². The molecule has 0 atom stereocenters. The number of nitrogens with one attached hydrogen (secondary N) is 1. The first-order valence-corrected chi connectivity index (χ1v) is 7.44. The zero-order valence-corrected chi connectivity index (χ0v) is 12.6. The maximum atomic E-state index is 13.1. The van der Waals surface area contributed by atoms with E-state index in [1.54, 1.807) is 6.07 Å². The number of thioether (sulfide) groups is 1. The van der Waals surface area contributed by atoms with Gasteiger partial charge in [0.25, 0.3) is 5.56 Å². The van der Waals surface area contributed by atoms with E-state index in [-0.39, 0.29) is 17.3 Å².